The van der Waals surface area contributed by atoms with Gasteiger partial charge in [-0.05, 0) is 32.6 Å². The van der Waals surface area contributed by atoms with Gasteiger partial charge in [0.15, 0.2) is 0 Å². The molecular weight excluding hydrogens is 202 g/mol. The summed E-state index contributed by atoms with van der Waals surface area (Å²) in [6.45, 7) is 6.87. The Bertz CT molecular complexity index is 361. The van der Waals surface area contributed by atoms with Gasteiger partial charge in [0.05, 0.1) is 12.2 Å². The summed E-state index contributed by atoms with van der Waals surface area (Å²) in [4.78, 5) is 8.39. The monoisotopic (exact) mass is 221 g/mol. The van der Waals surface area contributed by atoms with Gasteiger partial charge < -0.3 is 10.1 Å². The Hall–Kier alpha value is -1.32. The molecule has 1 aliphatic rings. The molecule has 0 radical (unpaired) electrons. The Kier molecular flexibility index (Phi) is 3.27. The Morgan fingerprint density at radius 1 is 1.44 bits per heavy atom. The third-order valence-corrected chi connectivity index (χ3v) is 3.03. The van der Waals surface area contributed by atoms with E-state index in [1.807, 2.05) is 13.8 Å². The second-order valence-electron chi connectivity index (χ2n) is 4.50. The molecule has 2 rings (SSSR count). The second kappa shape index (κ2) is 4.68. The quantitative estimate of drug-likeness (QED) is 0.848. The minimum Gasteiger partial charge on any atom is -0.478 e. The van der Waals surface area contributed by atoms with Crippen LogP contribution in [0.4, 0.5) is 5.82 Å². The van der Waals surface area contributed by atoms with Crippen molar-refractivity contribution >= 4 is 5.82 Å². The highest BCUT2D eigenvalue weighted by atomic mass is 16.5. The fraction of sp³-hybridized carbons (Fsp3) is 0.667. The van der Waals surface area contributed by atoms with Gasteiger partial charge in [-0.3, -0.25) is 0 Å². The SMILES string of the molecule is CCOc1ncnc(NC2CC(C)C2)c1C. The molecule has 1 N–H and O–H groups in total. The number of nitrogens with zero attached hydrogens (tertiary/aromatic N) is 2. The highest BCUT2D eigenvalue weighted by molar-refractivity contribution is 5.48. The van der Waals surface area contributed by atoms with E-state index in [1.54, 1.807) is 6.33 Å². The Morgan fingerprint density at radius 2 is 2.19 bits per heavy atom. The molecule has 0 unspecified atom stereocenters. The van der Waals surface area contributed by atoms with Gasteiger partial charge in [0.25, 0.3) is 0 Å². The Morgan fingerprint density at radius 3 is 2.81 bits per heavy atom. The van der Waals surface area contributed by atoms with E-state index in [0.29, 0.717) is 18.5 Å². The molecule has 1 aliphatic carbocycles. The summed E-state index contributed by atoms with van der Waals surface area (Å²) in [6, 6.07) is 0.568. The molecule has 1 aromatic rings. The summed E-state index contributed by atoms with van der Waals surface area (Å²) < 4.78 is 5.44. The molecular formula is C12H19N3O. The average Bonchev–Trinajstić information content (AvgIpc) is 2.22. The number of nitrogens with one attached hydrogen (secondary N) is 1. The van der Waals surface area contributed by atoms with Crippen molar-refractivity contribution in [2.24, 2.45) is 5.92 Å². The van der Waals surface area contributed by atoms with E-state index in [9.17, 15) is 0 Å². The van der Waals surface area contributed by atoms with E-state index in [4.69, 9.17) is 4.74 Å². The summed E-state index contributed by atoms with van der Waals surface area (Å²) in [6.07, 6.45) is 4.02. The van der Waals surface area contributed by atoms with Crippen molar-refractivity contribution in [3.05, 3.63) is 11.9 Å². The standard InChI is InChI=1S/C12H19N3O/c1-4-16-12-9(3)11(13-7-14-12)15-10-5-8(2)6-10/h7-8,10H,4-6H2,1-3H3,(H,13,14,15). The lowest BCUT2D eigenvalue weighted by atomic mass is 9.82. The van der Waals surface area contributed by atoms with Crippen molar-refractivity contribution in [2.45, 2.75) is 39.7 Å². The first-order chi connectivity index (χ1) is 7.70. The summed E-state index contributed by atoms with van der Waals surface area (Å²) in [5.41, 5.74) is 1.00. The molecule has 1 aromatic heterocycles. The van der Waals surface area contributed by atoms with Gasteiger partial charge in [0.2, 0.25) is 5.88 Å². The maximum Gasteiger partial charge on any atom is 0.221 e. The van der Waals surface area contributed by atoms with Gasteiger partial charge in [-0.15, -0.1) is 0 Å². The molecule has 4 heteroatoms. The number of anilines is 1. The fourth-order valence-electron chi connectivity index (χ4n) is 2.08. The van der Waals surface area contributed by atoms with Crippen LogP contribution >= 0.6 is 0 Å². The normalized spacial score (nSPS) is 23.7. The molecule has 1 heterocycles. The predicted molar refractivity (Wildman–Crippen MR) is 63.7 cm³/mol. The Labute approximate surface area is 96.4 Å². The molecule has 0 atom stereocenters. The van der Waals surface area contributed by atoms with Crippen molar-refractivity contribution in [1.29, 1.82) is 0 Å². The summed E-state index contributed by atoms with van der Waals surface area (Å²) in [5, 5.41) is 3.44. The van der Waals surface area contributed by atoms with Crippen molar-refractivity contribution in [3.8, 4) is 5.88 Å². The van der Waals surface area contributed by atoms with Crippen LogP contribution in [0.25, 0.3) is 0 Å². The van der Waals surface area contributed by atoms with E-state index in [2.05, 4.69) is 22.2 Å². The van der Waals surface area contributed by atoms with Crippen LogP contribution in [-0.4, -0.2) is 22.6 Å². The smallest absolute Gasteiger partial charge is 0.221 e. The van der Waals surface area contributed by atoms with E-state index >= 15 is 0 Å². The number of aromatic nitrogens is 2. The minimum absolute atomic E-state index is 0.568. The number of hydrogen-bond donors (Lipinski definition) is 1. The van der Waals surface area contributed by atoms with Gasteiger partial charge in [-0.1, -0.05) is 6.92 Å². The van der Waals surface area contributed by atoms with Crippen molar-refractivity contribution in [1.82, 2.24) is 9.97 Å². The lowest BCUT2D eigenvalue weighted by Gasteiger charge is -2.34. The van der Waals surface area contributed by atoms with Gasteiger partial charge >= 0.3 is 0 Å². The van der Waals surface area contributed by atoms with Gasteiger partial charge in [-0.2, -0.15) is 0 Å². The largest absolute Gasteiger partial charge is 0.478 e. The molecule has 0 aromatic carbocycles. The van der Waals surface area contributed by atoms with Crippen molar-refractivity contribution in [2.75, 3.05) is 11.9 Å². The fourth-order valence-corrected chi connectivity index (χ4v) is 2.08. The molecule has 1 saturated carbocycles. The van der Waals surface area contributed by atoms with Crippen molar-refractivity contribution < 1.29 is 4.74 Å². The minimum atomic E-state index is 0.568. The summed E-state index contributed by atoms with van der Waals surface area (Å²) in [5.74, 6) is 2.44. The molecule has 1 fully saturated rings. The van der Waals surface area contributed by atoms with Crippen LogP contribution in [0.5, 0.6) is 5.88 Å². The summed E-state index contributed by atoms with van der Waals surface area (Å²) >= 11 is 0. The first kappa shape index (κ1) is 11.2. The van der Waals surface area contributed by atoms with Gasteiger partial charge in [0.1, 0.15) is 12.1 Å². The molecule has 0 aliphatic heterocycles. The average molecular weight is 221 g/mol. The second-order valence-corrected chi connectivity index (χ2v) is 4.50. The molecule has 0 amide bonds. The highest BCUT2D eigenvalue weighted by Crippen LogP contribution is 2.30. The van der Waals surface area contributed by atoms with E-state index in [-0.39, 0.29) is 0 Å². The Balaban J connectivity index is 2.05. The van der Waals surface area contributed by atoms with Crippen LogP contribution in [-0.2, 0) is 0 Å². The third-order valence-electron chi connectivity index (χ3n) is 3.03. The molecule has 0 spiro atoms. The topological polar surface area (TPSA) is 47.0 Å². The van der Waals surface area contributed by atoms with Gasteiger partial charge in [-0.25, -0.2) is 9.97 Å². The zero-order chi connectivity index (χ0) is 11.5. The molecule has 88 valence electrons. The van der Waals surface area contributed by atoms with Crippen molar-refractivity contribution in [3.63, 3.8) is 0 Å². The van der Waals surface area contributed by atoms with Crippen LogP contribution in [0.15, 0.2) is 6.33 Å². The zero-order valence-corrected chi connectivity index (χ0v) is 10.2. The van der Waals surface area contributed by atoms with Crippen LogP contribution in [0.2, 0.25) is 0 Å². The highest BCUT2D eigenvalue weighted by Gasteiger charge is 2.26. The summed E-state index contributed by atoms with van der Waals surface area (Å²) in [7, 11) is 0. The lowest BCUT2D eigenvalue weighted by Crippen LogP contribution is -2.34. The molecule has 0 saturated heterocycles. The van der Waals surface area contributed by atoms with Gasteiger partial charge in [0, 0.05) is 6.04 Å². The maximum atomic E-state index is 5.44. The number of hydrogen-bond acceptors (Lipinski definition) is 4. The van der Waals surface area contributed by atoms with E-state index < -0.39 is 0 Å². The number of ether oxygens (including phenoxy) is 1. The predicted octanol–water partition coefficient (Wildman–Crippen LogP) is 2.39. The first-order valence-corrected chi connectivity index (χ1v) is 5.91. The first-order valence-electron chi connectivity index (χ1n) is 5.91. The van der Waals surface area contributed by atoms with E-state index in [0.717, 1.165) is 17.3 Å². The van der Waals surface area contributed by atoms with Crippen LogP contribution in [0.3, 0.4) is 0 Å². The number of rotatable bonds is 4. The molecule has 0 bridgehead atoms. The maximum absolute atomic E-state index is 5.44. The lowest BCUT2D eigenvalue weighted by molar-refractivity contribution is 0.307. The van der Waals surface area contributed by atoms with Crippen LogP contribution in [0, 0.1) is 12.8 Å². The zero-order valence-electron chi connectivity index (χ0n) is 10.2. The van der Waals surface area contributed by atoms with Crippen LogP contribution < -0.4 is 10.1 Å². The molecule has 4 nitrogen and oxygen atoms in total. The van der Waals surface area contributed by atoms with Crippen LogP contribution in [0.1, 0.15) is 32.3 Å². The molecule has 16 heavy (non-hydrogen) atoms. The van der Waals surface area contributed by atoms with E-state index in [1.165, 1.54) is 12.8 Å². The third kappa shape index (κ3) is 2.26.